The van der Waals surface area contributed by atoms with Gasteiger partial charge in [0, 0.05) is 30.3 Å². The molecule has 2 rings (SSSR count). The number of hydrogen-bond acceptors (Lipinski definition) is 3. The molecule has 1 atom stereocenters. The minimum atomic E-state index is 0.628. The third-order valence-corrected chi connectivity index (χ3v) is 3.85. The highest BCUT2D eigenvalue weighted by atomic mass is 79.9. The molecule has 1 fully saturated rings. The summed E-state index contributed by atoms with van der Waals surface area (Å²) >= 11 is 3.41. The second-order valence-corrected chi connectivity index (χ2v) is 4.84. The van der Waals surface area contributed by atoms with E-state index in [9.17, 15) is 0 Å². The molecule has 0 radical (unpaired) electrons. The van der Waals surface area contributed by atoms with Gasteiger partial charge < -0.3 is 4.90 Å². The van der Waals surface area contributed by atoms with Crippen molar-refractivity contribution in [2.45, 2.75) is 44.0 Å². The SMILES string of the molecule is CCC1CCCCN1c1ncc(CBr)cn1. The van der Waals surface area contributed by atoms with Crippen LogP contribution >= 0.6 is 15.9 Å². The molecule has 1 saturated heterocycles. The molecule has 0 aliphatic carbocycles. The lowest BCUT2D eigenvalue weighted by molar-refractivity contribution is 0.443. The first-order chi connectivity index (χ1) is 7.85. The Kier molecular flexibility index (Phi) is 4.16. The first-order valence-electron chi connectivity index (χ1n) is 5.98. The largest absolute Gasteiger partial charge is 0.338 e. The Morgan fingerprint density at radius 1 is 1.38 bits per heavy atom. The normalized spacial score (nSPS) is 21.1. The number of nitrogens with zero attached hydrogens (tertiary/aromatic N) is 3. The summed E-state index contributed by atoms with van der Waals surface area (Å²) in [5.74, 6) is 0.899. The monoisotopic (exact) mass is 283 g/mol. The van der Waals surface area contributed by atoms with E-state index in [-0.39, 0.29) is 0 Å². The van der Waals surface area contributed by atoms with E-state index in [1.807, 2.05) is 12.4 Å². The van der Waals surface area contributed by atoms with Crippen molar-refractivity contribution in [1.82, 2.24) is 9.97 Å². The summed E-state index contributed by atoms with van der Waals surface area (Å²) in [6, 6.07) is 0.628. The van der Waals surface area contributed by atoms with E-state index in [1.165, 1.54) is 25.7 Å². The average molecular weight is 284 g/mol. The number of rotatable bonds is 3. The summed E-state index contributed by atoms with van der Waals surface area (Å²) in [7, 11) is 0. The molecule has 0 N–H and O–H groups in total. The fraction of sp³-hybridized carbons (Fsp3) is 0.667. The number of piperidine rings is 1. The molecule has 1 aromatic heterocycles. The smallest absolute Gasteiger partial charge is 0.225 e. The van der Waals surface area contributed by atoms with Crippen LogP contribution in [0.25, 0.3) is 0 Å². The molecule has 1 aliphatic heterocycles. The van der Waals surface area contributed by atoms with Crippen LogP contribution in [-0.4, -0.2) is 22.6 Å². The van der Waals surface area contributed by atoms with Gasteiger partial charge >= 0.3 is 0 Å². The molecule has 1 aliphatic rings. The maximum Gasteiger partial charge on any atom is 0.225 e. The highest BCUT2D eigenvalue weighted by molar-refractivity contribution is 9.08. The van der Waals surface area contributed by atoms with E-state index < -0.39 is 0 Å². The summed E-state index contributed by atoms with van der Waals surface area (Å²) in [6.45, 7) is 3.35. The highest BCUT2D eigenvalue weighted by Gasteiger charge is 2.22. The molecule has 88 valence electrons. The lowest BCUT2D eigenvalue weighted by Crippen LogP contribution is -2.40. The van der Waals surface area contributed by atoms with Gasteiger partial charge in [-0.05, 0) is 31.2 Å². The number of aromatic nitrogens is 2. The molecule has 3 nitrogen and oxygen atoms in total. The maximum absolute atomic E-state index is 4.46. The van der Waals surface area contributed by atoms with Gasteiger partial charge in [0.2, 0.25) is 5.95 Å². The van der Waals surface area contributed by atoms with Crippen molar-refractivity contribution in [3.05, 3.63) is 18.0 Å². The van der Waals surface area contributed by atoms with Gasteiger partial charge in [-0.3, -0.25) is 0 Å². The van der Waals surface area contributed by atoms with Crippen LogP contribution in [0.2, 0.25) is 0 Å². The van der Waals surface area contributed by atoms with Gasteiger partial charge in [0.15, 0.2) is 0 Å². The van der Waals surface area contributed by atoms with Crippen molar-refractivity contribution in [3.63, 3.8) is 0 Å². The Morgan fingerprint density at radius 3 is 2.75 bits per heavy atom. The van der Waals surface area contributed by atoms with E-state index in [2.05, 4.69) is 37.7 Å². The number of anilines is 1. The third-order valence-electron chi connectivity index (χ3n) is 3.20. The molecule has 0 saturated carbocycles. The minimum Gasteiger partial charge on any atom is -0.338 e. The van der Waals surface area contributed by atoms with Gasteiger partial charge in [-0.2, -0.15) is 0 Å². The molecule has 0 bridgehead atoms. The zero-order chi connectivity index (χ0) is 11.4. The number of halogens is 1. The van der Waals surface area contributed by atoms with Gasteiger partial charge in [-0.15, -0.1) is 0 Å². The highest BCUT2D eigenvalue weighted by Crippen LogP contribution is 2.23. The van der Waals surface area contributed by atoms with Crippen molar-refractivity contribution in [1.29, 1.82) is 0 Å². The van der Waals surface area contributed by atoms with Crippen LogP contribution < -0.4 is 4.90 Å². The Labute approximate surface area is 105 Å². The summed E-state index contributed by atoms with van der Waals surface area (Å²) in [5.41, 5.74) is 1.13. The van der Waals surface area contributed by atoms with Gasteiger partial charge in [0.25, 0.3) is 0 Å². The van der Waals surface area contributed by atoms with Crippen LogP contribution in [0.15, 0.2) is 12.4 Å². The summed E-state index contributed by atoms with van der Waals surface area (Å²) < 4.78 is 0. The Bertz CT molecular complexity index is 326. The predicted molar refractivity (Wildman–Crippen MR) is 69.9 cm³/mol. The fourth-order valence-corrected chi connectivity index (χ4v) is 2.54. The first-order valence-corrected chi connectivity index (χ1v) is 7.10. The fourth-order valence-electron chi connectivity index (χ4n) is 2.25. The van der Waals surface area contributed by atoms with Crippen molar-refractivity contribution in [3.8, 4) is 0 Å². The molecule has 0 aromatic carbocycles. The lowest BCUT2D eigenvalue weighted by atomic mass is 10.0. The quantitative estimate of drug-likeness (QED) is 0.798. The van der Waals surface area contributed by atoms with Crippen LogP contribution in [-0.2, 0) is 5.33 Å². The zero-order valence-corrected chi connectivity index (χ0v) is 11.3. The molecule has 0 spiro atoms. The van der Waals surface area contributed by atoms with Gasteiger partial charge in [-0.25, -0.2) is 9.97 Å². The summed E-state index contributed by atoms with van der Waals surface area (Å²) in [6.07, 6.45) is 8.90. The molecule has 1 unspecified atom stereocenters. The van der Waals surface area contributed by atoms with Crippen molar-refractivity contribution < 1.29 is 0 Å². The average Bonchev–Trinajstić information content (AvgIpc) is 2.39. The molecule has 2 heterocycles. The molecule has 0 amide bonds. The van der Waals surface area contributed by atoms with Crippen molar-refractivity contribution >= 4 is 21.9 Å². The topological polar surface area (TPSA) is 29.0 Å². The number of alkyl halides is 1. The van der Waals surface area contributed by atoms with E-state index in [1.54, 1.807) is 0 Å². The first kappa shape index (κ1) is 11.8. The van der Waals surface area contributed by atoms with Crippen LogP contribution in [0.5, 0.6) is 0 Å². The van der Waals surface area contributed by atoms with Crippen LogP contribution in [0, 0.1) is 0 Å². The van der Waals surface area contributed by atoms with E-state index in [4.69, 9.17) is 0 Å². The van der Waals surface area contributed by atoms with Crippen LogP contribution in [0.3, 0.4) is 0 Å². The maximum atomic E-state index is 4.46. The van der Waals surface area contributed by atoms with E-state index >= 15 is 0 Å². The predicted octanol–water partition coefficient (Wildman–Crippen LogP) is 3.14. The van der Waals surface area contributed by atoms with E-state index in [0.717, 1.165) is 23.4 Å². The van der Waals surface area contributed by atoms with Gasteiger partial charge in [-0.1, -0.05) is 22.9 Å². The Balaban J connectivity index is 2.14. The lowest BCUT2D eigenvalue weighted by Gasteiger charge is -2.35. The second-order valence-electron chi connectivity index (χ2n) is 4.28. The molecule has 16 heavy (non-hydrogen) atoms. The summed E-state index contributed by atoms with van der Waals surface area (Å²) in [4.78, 5) is 11.3. The van der Waals surface area contributed by atoms with Crippen LogP contribution in [0.1, 0.15) is 38.2 Å². The Hall–Kier alpha value is -0.640. The molecule has 4 heteroatoms. The zero-order valence-electron chi connectivity index (χ0n) is 9.69. The van der Waals surface area contributed by atoms with E-state index in [0.29, 0.717) is 6.04 Å². The second kappa shape index (κ2) is 5.62. The molecule has 1 aromatic rings. The van der Waals surface area contributed by atoms with Crippen molar-refractivity contribution in [2.75, 3.05) is 11.4 Å². The van der Waals surface area contributed by atoms with Gasteiger partial charge in [0.05, 0.1) is 0 Å². The van der Waals surface area contributed by atoms with Crippen molar-refractivity contribution in [2.24, 2.45) is 0 Å². The minimum absolute atomic E-state index is 0.628. The summed E-state index contributed by atoms with van der Waals surface area (Å²) in [5, 5.41) is 0.824. The number of hydrogen-bond donors (Lipinski definition) is 0. The Morgan fingerprint density at radius 2 is 2.12 bits per heavy atom. The van der Waals surface area contributed by atoms with Crippen LogP contribution in [0.4, 0.5) is 5.95 Å². The third kappa shape index (κ3) is 2.54. The molecular weight excluding hydrogens is 266 g/mol. The standard InChI is InChI=1S/C12H18BrN3/c1-2-11-5-3-4-6-16(11)12-14-8-10(7-13)9-15-12/h8-9,11H,2-7H2,1H3. The van der Waals surface area contributed by atoms with Gasteiger partial charge in [0.1, 0.15) is 0 Å². The molecular formula is C12H18BrN3.